The van der Waals surface area contributed by atoms with Crippen LogP contribution in [0.4, 0.5) is 0 Å². The molecule has 0 aromatic heterocycles. The number of benzene rings is 1. The van der Waals surface area contributed by atoms with E-state index in [2.05, 4.69) is 4.84 Å². The Balaban J connectivity index is 2.45. The van der Waals surface area contributed by atoms with Crippen LogP contribution < -0.4 is 16.9 Å². The number of hydrogen-bond acceptors (Lipinski definition) is 4. The number of carbonyl (C=O) groups is 2. The van der Waals surface area contributed by atoms with E-state index in [1.165, 1.54) is 0 Å². The second kappa shape index (κ2) is 5.84. The summed E-state index contributed by atoms with van der Waals surface area (Å²) in [6.45, 7) is -0.382. The molecule has 0 unspecified atom stereocenters. The number of amides is 2. The maximum absolute atomic E-state index is 11.4. The topological polar surface area (TPSA) is 107 Å². The van der Waals surface area contributed by atoms with Crippen LogP contribution in [0.5, 0.6) is 0 Å². The molecule has 6 heteroatoms. The molecule has 0 heterocycles. The van der Waals surface area contributed by atoms with Gasteiger partial charge in [-0.25, -0.2) is 5.48 Å². The van der Waals surface area contributed by atoms with Crippen LogP contribution in [0.15, 0.2) is 30.3 Å². The predicted molar refractivity (Wildman–Crippen MR) is 56.7 cm³/mol. The summed E-state index contributed by atoms with van der Waals surface area (Å²) < 4.78 is 0. The average molecular weight is 223 g/mol. The summed E-state index contributed by atoms with van der Waals surface area (Å²) in [7, 11) is 0. The molecule has 0 aliphatic carbocycles. The van der Waals surface area contributed by atoms with Crippen LogP contribution in [0.1, 0.15) is 11.6 Å². The third kappa shape index (κ3) is 3.68. The van der Waals surface area contributed by atoms with Gasteiger partial charge in [0.25, 0.3) is 5.91 Å². The minimum Gasteiger partial charge on any atom is -0.368 e. The minimum atomic E-state index is -0.839. The van der Waals surface area contributed by atoms with Gasteiger partial charge in [0.1, 0.15) is 6.04 Å². The minimum absolute atomic E-state index is 0.382. The normalized spacial score (nSPS) is 11.8. The van der Waals surface area contributed by atoms with Crippen molar-refractivity contribution >= 4 is 11.8 Å². The first-order chi connectivity index (χ1) is 7.61. The number of nitrogens with two attached hydrogens (primary N) is 2. The lowest BCUT2D eigenvalue weighted by atomic mass is 10.1. The molecule has 0 spiro atoms. The molecule has 2 amide bonds. The summed E-state index contributed by atoms with van der Waals surface area (Å²) in [5.74, 6) is -1.21. The molecule has 86 valence electrons. The van der Waals surface area contributed by atoms with Crippen LogP contribution >= 0.6 is 0 Å². The molecule has 1 rings (SSSR count). The largest absolute Gasteiger partial charge is 0.368 e. The van der Waals surface area contributed by atoms with E-state index < -0.39 is 17.9 Å². The van der Waals surface area contributed by atoms with Crippen molar-refractivity contribution in [1.82, 2.24) is 5.48 Å². The standard InChI is InChI=1S/C10H13N3O3/c11-8(14)6-16-13-10(15)9(12)7-4-2-1-3-5-7/h1-5,9H,6,12H2,(H2,11,14)(H,13,15)/t9-/m1/s1. The molecule has 0 bridgehead atoms. The average Bonchev–Trinajstić information content (AvgIpc) is 2.28. The van der Waals surface area contributed by atoms with E-state index in [1.54, 1.807) is 24.3 Å². The molecule has 1 aromatic rings. The van der Waals surface area contributed by atoms with Gasteiger partial charge in [0.05, 0.1) is 0 Å². The molecule has 0 saturated heterocycles. The summed E-state index contributed by atoms with van der Waals surface area (Å²) in [4.78, 5) is 26.3. The van der Waals surface area contributed by atoms with Crippen molar-refractivity contribution in [2.75, 3.05) is 6.61 Å². The zero-order valence-electron chi connectivity index (χ0n) is 8.55. The van der Waals surface area contributed by atoms with Crippen LogP contribution in [-0.2, 0) is 14.4 Å². The Hall–Kier alpha value is -1.92. The quantitative estimate of drug-likeness (QED) is 0.569. The number of hydroxylamine groups is 1. The van der Waals surface area contributed by atoms with Crippen LogP contribution in [0.25, 0.3) is 0 Å². The van der Waals surface area contributed by atoms with Gasteiger partial charge in [-0.3, -0.25) is 14.4 Å². The summed E-state index contributed by atoms with van der Waals surface area (Å²) in [6, 6.07) is 7.96. The lowest BCUT2D eigenvalue weighted by Gasteiger charge is -2.11. The zero-order valence-corrected chi connectivity index (χ0v) is 8.55. The monoisotopic (exact) mass is 223 g/mol. The molecule has 0 radical (unpaired) electrons. The highest BCUT2D eigenvalue weighted by molar-refractivity contribution is 5.82. The summed E-state index contributed by atoms with van der Waals surface area (Å²) in [5, 5.41) is 0. The van der Waals surface area contributed by atoms with E-state index in [9.17, 15) is 9.59 Å². The number of hydrogen-bond donors (Lipinski definition) is 3. The predicted octanol–water partition coefficient (Wildman–Crippen LogP) is -0.780. The van der Waals surface area contributed by atoms with Gasteiger partial charge in [-0.05, 0) is 5.56 Å². The number of primary amides is 1. The molecule has 1 atom stereocenters. The Morgan fingerprint density at radius 1 is 1.31 bits per heavy atom. The Morgan fingerprint density at radius 3 is 2.50 bits per heavy atom. The van der Waals surface area contributed by atoms with Crippen molar-refractivity contribution in [1.29, 1.82) is 0 Å². The molecule has 6 nitrogen and oxygen atoms in total. The second-order valence-corrected chi connectivity index (χ2v) is 3.11. The third-order valence-corrected chi connectivity index (χ3v) is 1.83. The van der Waals surface area contributed by atoms with Gasteiger partial charge in [-0.1, -0.05) is 30.3 Å². The van der Waals surface area contributed by atoms with Crippen LogP contribution in [0, 0.1) is 0 Å². The van der Waals surface area contributed by atoms with Crippen molar-refractivity contribution in [3.8, 4) is 0 Å². The highest BCUT2D eigenvalue weighted by Crippen LogP contribution is 2.08. The van der Waals surface area contributed by atoms with Gasteiger partial charge in [-0.15, -0.1) is 0 Å². The molecule has 1 aromatic carbocycles. The van der Waals surface area contributed by atoms with Gasteiger partial charge in [0, 0.05) is 0 Å². The van der Waals surface area contributed by atoms with Gasteiger partial charge < -0.3 is 11.5 Å². The summed E-state index contributed by atoms with van der Waals surface area (Å²) in [6.07, 6.45) is 0. The fourth-order valence-electron chi connectivity index (χ4n) is 1.05. The molecular weight excluding hydrogens is 210 g/mol. The Bertz CT molecular complexity index is 367. The van der Waals surface area contributed by atoms with E-state index in [0.717, 1.165) is 0 Å². The van der Waals surface area contributed by atoms with Crippen molar-refractivity contribution in [3.05, 3.63) is 35.9 Å². The Labute approximate surface area is 92.5 Å². The molecular formula is C10H13N3O3. The molecule has 0 fully saturated rings. The maximum atomic E-state index is 11.4. The zero-order chi connectivity index (χ0) is 12.0. The smallest absolute Gasteiger partial charge is 0.265 e. The van der Waals surface area contributed by atoms with Gasteiger partial charge >= 0.3 is 0 Å². The second-order valence-electron chi connectivity index (χ2n) is 3.11. The van der Waals surface area contributed by atoms with Crippen molar-refractivity contribution in [2.24, 2.45) is 11.5 Å². The summed E-state index contributed by atoms with van der Waals surface area (Å²) >= 11 is 0. The first kappa shape index (κ1) is 12.2. The van der Waals surface area contributed by atoms with Gasteiger partial charge in [0.15, 0.2) is 6.61 Å². The van der Waals surface area contributed by atoms with Crippen molar-refractivity contribution < 1.29 is 14.4 Å². The van der Waals surface area contributed by atoms with E-state index in [-0.39, 0.29) is 6.61 Å². The first-order valence-corrected chi connectivity index (χ1v) is 4.61. The Morgan fingerprint density at radius 2 is 1.94 bits per heavy atom. The van der Waals surface area contributed by atoms with E-state index >= 15 is 0 Å². The molecule has 0 saturated carbocycles. The summed E-state index contributed by atoms with van der Waals surface area (Å²) in [5.41, 5.74) is 13.2. The van der Waals surface area contributed by atoms with Crippen LogP contribution in [0.3, 0.4) is 0 Å². The number of carbonyl (C=O) groups excluding carboxylic acids is 2. The highest BCUT2D eigenvalue weighted by Gasteiger charge is 2.15. The van der Waals surface area contributed by atoms with Crippen LogP contribution in [-0.4, -0.2) is 18.4 Å². The molecule has 0 aliphatic heterocycles. The molecule has 16 heavy (non-hydrogen) atoms. The van der Waals surface area contributed by atoms with Crippen molar-refractivity contribution in [3.63, 3.8) is 0 Å². The lowest BCUT2D eigenvalue weighted by molar-refractivity contribution is -0.139. The fourth-order valence-corrected chi connectivity index (χ4v) is 1.05. The van der Waals surface area contributed by atoms with Gasteiger partial charge in [-0.2, -0.15) is 0 Å². The molecule has 0 aliphatic rings. The Kier molecular flexibility index (Phi) is 4.43. The highest BCUT2D eigenvalue weighted by atomic mass is 16.7. The van der Waals surface area contributed by atoms with Gasteiger partial charge in [0.2, 0.25) is 5.91 Å². The number of nitrogens with one attached hydrogen (secondary N) is 1. The third-order valence-electron chi connectivity index (χ3n) is 1.83. The van der Waals surface area contributed by atoms with Crippen LogP contribution in [0.2, 0.25) is 0 Å². The van der Waals surface area contributed by atoms with E-state index in [0.29, 0.717) is 5.56 Å². The fraction of sp³-hybridized carbons (Fsp3) is 0.200. The maximum Gasteiger partial charge on any atom is 0.265 e. The number of rotatable bonds is 5. The first-order valence-electron chi connectivity index (χ1n) is 4.61. The molecule has 5 N–H and O–H groups in total. The lowest BCUT2D eigenvalue weighted by Crippen LogP contribution is -2.36. The SMILES string of the molecule is NC(=O)CONC(=O)[C@H](N)c1ccccc1. The van der Waals surface area contributed by atoms with E-state index in [1.807, 2.05) is 11.5 Å². The van der Waals surface area contributed by atoms with E-state index in [4.69, 9.17) is 11.5 Å². The van der Waals surface area contributed by atoms with Crippen molar-refractivity contribution in [2.45, 2.75) is 6.04 Å².